The fourth-order valence-electron chi connectivity index (χ4n) is 7.94. The Bertz CT molecular complexity index is 1890. The van der Waals surface area contributed by atoms with Crippen LogP contribution in [0.5, 0.6) is 0 Å². The Hall–Kier alpha value is -2.94. The van der Waals surface area contributed by atoms with Gasteiger partial charge in [-0.25, -0.2) is 9.97 Å². The molecule has 0 saturated carbocycles. The van der Waals surface area contributed by atoms with Crippen LogP contribution in [0.15, 0.2) is 18.2 Å². The monoisotopic (exact) mass is 760 g/mol. The fourth-order valence-corrected chi connectivity index (χ4v) is 8.89. The summed E-state index contributed by atoms with van der Waals surface area (Å²) in [6, 6.07) is 6.13. The van der Waals surface area contributed by atoms with Crippen LogP contribution in [0.1, 0.15) is 138 Å². The van der Waals surface area contributed by atoms with Gasteiger partial charge in [0.05, 0.1) is 22.8 Å². The number of aryl methyl sites for hydroxylation is 4. The van der Waals surface area contributed by atoms with Gasteiger partial charge in [-0.3, -0.25) is 0 Å². The van der Waals surface area contributed by atoms with Gasteiger partial charge in [-0.1, -0.05) is 89.8 Å². The molecule has 51 heavy (non-hydrogen) atoms. The van der Waals surface area contributed by atoms with Gasteiger partial charge in [-0.05, 0) is 105 Å². The summed E-state index contributed by atoms with van der Waals surface area (Å²) in [6.07, 6.45) is -1.42. The number of aromatic nitrogens is 4. The molecule has 2 aliphatic rings. The van der Waals surface area contributed by atoms with Crippen molar-refractivity contribution < 1.29 is 34.1 Å². The molecule has 2 aliphatic heterocycles. The maximum absolute atomic E-state index is 15.5. The first-order valence-corrected chi connectivity index (χ1v) is 22.0. The summed E-state index contributed by atoms with van der Waals surface area (Å²) in [6.45, 7) is 22.1. The molecule has 1 unspecified atom stereocenters. The molecule has 3 aromatic heterocycles. The van der Waals surface area contributed by atoms with E-state index in [1.807, 2.05) is 39.8 Å². The average Bonchev–Trinajstić information content (AvgIpc) is 3.78. The van der Waals surface area contributed by atoms with E-state index in [2.05, 4.69) is 33.8 Å². The topological polar surface area (TPSA) is 63.2 Å². The van der Waals surface area contributed by atoms with Crippen LogP contribution in [0.3, 0.4) is 0 Å². The van der Waals surface area contributed by atoms with Crippen molar-refractivity contribution in [1.29, 1.82) is 0 Å². The zero-order valence-electron chi connectivity index (χ0n) is 32.1. The molecule has 0 saturated heterocycles. The molecular weight excluding hydrogens is 708 g/mol. The molecule has 0 aromatic carbocycles. The predicted octanol–water partition coefficient (Wildman–Crippen LogP) is 11.7. The van der Waals surface area contributed by atoms with Crippen molar-refractivity contribution in [3.8, 4) is 0 Å². The van der Waals surface area contributed by atoms with Gasteiger partial charge in [0.15, 0.2) is 14.4 Å². The maximum atomic E-state index is 15.5. The summed E-state index contributed by atoms with van der Waals surface area (Å²) in [5.74, 6) is 0. The molecule has 8 bridgehead atoms. The van der Waals surface area contributed by atoms with Gasteiger partial charge in [0.1, 0.15) is 0 Å². The number of hydrogen-bond acceptors (Lipinski definition) is 3. The van der Waals surface area contributed by atoms with E-state index in [1.165, 1.54) is 11.1 Å². The molecule has 0 fully saturated rings. The zero-order chi connectivity index (χ0) is 36.7. The van der Waals surface area contributed by atoms with Crippen molar-refractivity contribution in [2.45, 2.75) is 139 Å². The summed E-state index contributed by atoms with van der Waals surface area (Å²) in [4.78, 5) is 20.7. The SMILES string of the molecule is CCC1=C(CC)c2cc3[n-]c(c(CC)c3CC)c(C(O[Si](C)(C)C)C(F)(F)F)c3[n-]c(cc4nc(cc1n2)C(CC)=C4CC)c(CC)c3CC.[Ni+2]. The minimum atomic E-state index is -4.69. The van der Waals surface area contributed by atoms with E-state index in [0.717, 1.165) is 81.9 Å². The van der Waals surface area contributed by atoms with Crippen LogP contribution < -0.4 is 9.97 Å². The Balaban J connectivity index is 0.00000583. The molecule has 278 valence electrons. The second-order valence-electron chi connectivity index (χ2n) is 14.1. The van der Waals surface area contributed by atoms with Gasteiger partial charge >= 0.3 is 22.7 Å². The number of rotatable bonds is 11. The molecule has 0 N–H and O–H groups in total. The third-order valence-electron chi connectivity index (χ3n) is 10.0. The summed E-state index contributed by atoms with van der Waals surface area (Å²) in [5.41, 5.74) is 13.6. The molecule has 0 spiro atoms. The van der Waals surface area contributed by atoms with Gasteiger partial charge in [0.2, 0.25) is 0 Å². The Morgan fingerprint density at radius 2 is 0.902 bits per heavy atom. The maximum Gasteiger partial charge on any atom is 2.00 e. The molecule has 3 aromatic rings. The molecule has 0 aliphatic carbocycles. The fraction of sp³-hybridized carbons (Fsp3) is 0.512. The molecule has 5 heterocycles. The van der Waals surface area contributed by atoms with E-state index in [1.54, 1.807) is 19.6 Å². The number of alkyl halides is 3. The van der Waals surface area contributed by atoms with E-state index in [-0.39, 0.29) is 22.1 Å². The van der Waals surface area contributed by atoms with E-state index in [0.29, 0.717) is 47.8 Å². The molecule has 10 heteroatoms. The minimum absolute atomic E-state index is 0. The van der Waals surface area contributed by atoms with Crippen molar-refractivity contribution >= 4 is 52.7 Å². The first-order chi connectivity index (χ1) is 23.7. The molecule has 0 amide bonds. The number of nitrogens with zero attached hydrogens (tertiary/aromatic N) is 4. The molecular formula is C41H53F3N4NiOSi. The van der Waals surface area contributed by atoms with Crippen LogP contribution >= 0.6 is 0 Å². The number of allylic oxidation sites excluding steroid dienone is 4. The van der Waals surface area contributed by atoms with E-state index >= 15 is 13.2 Å². The van der Waals surface area contributed by atoms with Crippen LogP contribution in [0.2, 0.25) is 19.6 Å². The van der Waals surface area contributed by atoms with Crippen molar-refractivity contribution in [2.75, 3.05) is 0 Å². The molecule has 0 radical (unpaired) electrons. The van der Waals surface area contributed by atoms with Crippen molar-refractivity contribution in [3.05, 3.63) is 68.8 Å². The minimum Gasteiger partial charge on any atom is -0.657 e. The normalized spacial score (nSPS) is 14.4. The van der Waals surface area contributed by atoms with Gasteiger partial charge in [0, 0.05) is 0 Å². The Morgan fingerprint density at radius 1 is 0.569 bits per heavy atom. The number of fused-ring (bicyclic) bond motifs is 8. The van der Waals surface area contributed by atoms with Gasteiger partial charge in [0.25, 0.3) is 0 Å². The van der Waals surface area contributed by atoms with E-state index in [4.69, 9.17) is 24.4 Å². The zero-order valence-corrected chi connectivity index (χ0v) is 34.1. The van der Waals surface area contributed by atoms with Crippen LogP contribution in [0.25, 0.3) is 44.4 Å². The van der Waals surface area contributed by atoms with Gasteiger partial charge in [-0.15, -0.1) is 22.1 Å². The van der Waals surface area contributed by atoms with E-state index in [9.17, 15) is 0 Å². The number of hydrogen-bond donors (Lipinski definition) is 0. The molecule has 5 nitrogen and oxygen atoms in total. The van der Waals surface area contributed by atoms with E-state index < -0.39 is 20.6 Å². The van der Waals surface area contributed by atoms with Crippen LogP contribution in [0.4, 0.5) is 13.2 Å². The molecule has 5 rings (SSSR count). The summed E-state index contributed by atoms with van der Waals surface area (Å²) in [7, 11) is -2.73. The molecule has 1 atom stereocenters. The van der Waals surface area contributed by atoms with Crippen molar-refractivity contribution in [3.63, 3.8) is 0 Å². The summed E-state index contributed by atoms with van der Waals surface area (Å²) in [5, 5.41) is 0. The standard InChI is InChI=1S/C41H53F3N4OSi.Ni/c1-12-23-25(14-3)33-21-35-27(16-5)29(18-7)38(47-35)37(40(41(42,43)44)49-50(9,10)11)39-30(19-8)28(17-6)36(48-39)22-34-26(15-4)24(13-2)32(46-34)20-31(23)45-33;/h20-22,40H,12-19H2,1-11H3;/q-2;+2. The Kier molecular flexibility index (Phi) is 12.8. The number of halogens is 3. The second-order valence-corrected chi connectivity index (χ2v) is 18.6. The average molecular weight is 762 g/mol. The third kappa shape index (κ3) is 7.61. The van der Waals surface area contributed by atoms with Gasteiger partial charge in [-0.2, -0.15) is 13.2 Å². The van der Waals surface area contributed by atoms with Crippen molar-refractivity contribution in [1.82, 2.24) is 19.9 Å². The predicted molar refractivity (Wildman–Crippen MR) is 204 cm³/mol. The summed E-state index contributed by atoms with van der Waals surface area (Å²) < 4.78 is 52.7. The Labute approximate surface area is 313 Å². The van der Waals surface area contributed by atoms with Gasteiger partial charge < -0.3 is 14.4 Å². The Morgan fingerprint density at radius 3 is 1.18 bits per heavy atom. The summed E-state index contributed by atoms with van der Waals surface area (Å²) >= 11 is 0. The first-order valence-electron chi connectivity index (χ1n) is 18.6. The largest absolute Gasteiger partial charge is 2.00 e. The van der Waals surface area contributed by atoms with Crippen molar-refractivity contribution in [2.24, 2.45) is 0 Å². The van der Waals surface area contributed by atoms with Crippen LogP contribution in [-0.4, -0.2) is 24.5 Å². The second kappa shape index (κ2) is 16.0. The van der Waals surface area contributed by atoms with Crippen LogP contribution in [-0.2, 0) is 46.6 Å². The van der Waals surface area contributed by atoms with Crippen LogP contribution in [0, 0.1) is 0 Å². The third-order valence-corrected chi connectivity index (χ3v) is 11.0. The smallest absolute Gasteiger partial charge is 0.657 e. The quantitative estimate of drug-likeness (QED) is 0.182. The first kappa shape index (κ1) is 40.8.